The molecule has 0 aromatic rings. The fraction of sp³-hybridized carbons (Fsp3) is 0.938. The van der Waals surface area contributed by atoms with Crippen molar-refractivity contribution in [3.8, 4) is 0 Å². The maximum atomic E-state index is 13.2. The van der Waals surface area contributed by atoms with Gasteiger partial charge in [-0.2, -0.15) is 0 Å². The zero-order valence-corrected chi connectivity index (χ0v) is 59.5. The molecule has 1 rings (SSSR count). The number of rotatable bonds is 72. The Morgan fingerprint density at radius 2 is 0.640 bits per heavy atom. The molecule has 0 aromatic heterocycles. The molecule has 0 spiro atoms. The van der Waals surface area contributed by atoms with Gasteiger partial charge in [0.25, 0.3) is 0 Å². The van der Waals surface area contributed by atoms with Crippen LogP contribution in [0.3, 0.4) is 0 Å². The molecule has 1 amide bonds. The molecular formula is C80H155NO8. The van der Waals surface area contributed by atoms with E-state index in [0.717, 1.165) is 38.5 Å². The summed E-state index contributed by atoms with van der Waals surface area (Å²) < 4.78 is 11.3. The Bertz CT molecular complexity index is 1460. The van der Waals surface area contributed by atoms with Gasteiger partial charge in [0.05, 0.1) is 25.4 Å². The Balaban J connectivity index is 2.06. The van der Waals surface area contributed by atoms with Crippen LogP contribution in [0, 0.1) is 0 Å². The average molecular weight is 1260 g/mol. The van der Waals surface area contributed by atoms with E-state index in [-0.39, 0.29) is 12.5 Å². The molecule has 9 heteroatoms. The number of unbranched alkanes of at least 4 members (excludes halogenated alkanes) is 60. The number of aliphatic hydroxyl groups excluding tert-OH is 5. The first-order valence-electron chi connectivity index (χ1n) is 40.1. The van der Waals surface area contributed by atoms with E-state index < -0.39 is 49.5 Å². The largest absolute Gasteiger partial charge is 0.394 e. The van der Waals surface area contributed by atoms with Crippen molar-refractivity contribution in [3.05, 3.63) is 24.3 Å². The number of ether oxygens (including phenoxy) is 2. The minimum Gasteiger partial charge on any atom is -0.394 e. The van der Waals surface area contributed by atoms with Crippen LogP contribution < -0.4 is 5.32 Å². The van der Waals surface area contributed by atoms with Crippen LogP contribution >= 0.6 is 0 Å². The minimum absolute atomic E-state index is 0.176. The second-order valence-corrected chi connectivity index (χ2v) is 28.2. The molecule has 1 aliphatic heterocycles. The van der Waals surface area contributed by atoms with Crippen molar-refractivity contribution in [2.75, 3.05) is 13.2 Å². The number of amides is 1. The highest BCUT2D eigenvalue weighted by Crippen LogP contribution is 2.24. The van der Waals surface area contributed by atoms with Gasteiger partial charge in [0.2, 0.25) is 5.91 Å². The SMILES string of the molecule is CCCCCCCCCCCCCCCCCCCCCCCC/C=C/CC/C=C/C(O)C(COC1OC(CO)C(O)C(O)C1O)NC(=O)CCCCCCCCCCCCCCCCCCCCCCCCCCCCCCCCCCCCCCCC. The summed E-state index contributed by atoms with van der Waals surface area (Å²) >= 11 is 0. The molecule has 0 bridgehead atoms. The van der Waals surface area contributed by atoms with Crippen LogP contribution in [0.4, 0.5) is 0 Å². The molecule has 0 aliphatic carbocycles. The molecule has 0 radical (unpaired) electrons. The Hall–Kier alpha value is -1.33. The maximum Gasteiger partial charge on any atom is 0.220 e. The molecule has 0 aromatic carbocycles. The third-order valence-corrected chi connectivity index (χ3v) is 19.5. The normalized spacial score (nSPS) is 17.9. The number of hydrogen-bond acceptors (Lipinski definition) is 8. The van der Waals surface area contributed by atoms with Gasteiger partial charge in [-0.15, -0.1) is 0 Å². The summed E-state index contributed by atoms with van der Waals surface area (Å²) in [5.74, 6) is -0.176. The predicted molar refractivity (Wildman–Crippen MR) is 383 cm³/mol. The van der Waals surface area contributed by atoms with E-state index in [0.29, 0.717) is 6.42 Å². The molecule has 7 atom stereocenters. The van der Waals surface area contributed by atoms with Crippen molar-refractivity contribution in [2.24, 2.45) is 0 Å². The topological polar surface area (TPSA) is 149 Å². The Morgan fingerprint density at radius 1 is 0.371 bits per heavy atom. The fourth-order valence-electron chi connectivity index (χ4n) is 13.3. The van der Waals surface area contributed by atoms with Gasteiger partial charge in [-0.25, -0.2) is 0 Å². The predicted octanol–water partition coefficient (Wildman–Crippen LogP) is 22.8. The second-order valence-electron chi connectivity index (χ2n) is 28.2. The number of nitrogens with one attached hydrogen (secondary N) is 1. The number of carbonyl (C=O) groups is 1. The second kappa shape index (κ2) is 69.5. The van der Waals surface area contributed by atoms with Crippen molar-refractivity contribution < 1.29 is 39.8 Å². The maximum absolute atomic E-state index is 13.2. The number of hydrogen-bond donors (Lipinski definition) is 6. The lowest BCUT2D eigenvalue weighted by molar-refractivity contribution is -0.302. The van der Waals surface area contributed by atoms with Crippen LogP contribution in [0.15, 0.2) is 24.3 Å². The highest BCUT2D eigenvalue weighted by atomic mass is 16.7. The quantitative estimate of drug-likeness (QED) is 0.0261. The lowest BCUT2D eigenvalue weighted by Gasteiger charge is -2.40. The van der Waals surface area contributed by atoms with Crippen LogP contribution in [0.5, 0.6) is 0 Å². The molecular weight excluding hydrogens is 1100 g/mol. The van der Waals surface area contributed by atoms with Crippen LogP contribution in [0.1, 0.15) is 425 Å². The average Bonchev–Trinajstić information content (AvgIpc) is 2.42. The molecule has 1 fully saturated rings. The molecule has 1 heterocycles. The van der Waals surface area contributed by atoms with Gasteiger partial charge in [0, 0.05) is 6.42 Å². The summed E-state index contributed by atoms with van der Waals surface area (Å²) in [5.41, 5.74) is 0. The molecule has 1 saturated heterocycles. The van der Waals surface area contributed by atoms with Gasteiger partial charge in [-0.05, 0) is 32.1 Å². The third-order valence-electron chi connectivity index (χ3n) is 19.5. The van der Waals surface area contributed by atoms with Crippen molar-refractivity contribution >= 4 is 5.91 Å². The van der Waals surface area contributed by atoms with Gasteiger partial charge < -0.3 is 40.3 Å². The fourth-order valence-corrected chi connectivity index (χ4v) is 13.3. The third kappa shape index (κ3) is 57.8. The summed E-state index contributed by atoms with van der Waals surface area (Å²) in [6, 6.07) is -0.821. The Kier molecular flexibility index (Phi) is 66.9. The van der Waals surface area contributed by atoms with Crippen LogP contribution in [-0.2, 0) is 14.3 Å². The molecule has 1 aliphatic rings. The smallest absolute Gasteiger partial charge is 0.220 e. The zero-order valence-electron chi connectivity index (χ0n) is 59.5. The van der Waals surface area contributed by atoms with E-state index in [9.17, 15) is 30.3 Å². The number of aliphatic hydroxyl groups is 5. The van der Waals surface area contributed by atoms with Gasteiger partial charge in [-0.1, -0.05) is 411 Å². The van der Waals surface area contributed by atoms with E-state index in [1.165, 1.54) is 366 Å². The molecule has 7 unspecified atom stereocenters. The van der Waals surface area contributed by atoms with Gasteiger partial charge in [-0.3, -0.25) is 4.79 Å². The first kappa shape index (κ1) is 85.7. The van der Waals surface area contributed by atoms with Crippen LogP contribution in [0.25, 0.3) is 0 Å². The Morgan fingerprint density at radius 3 is 0.944 bits per heavy atom. The number of carbonyl (C=O) groups excluding carboxylic acids is 1. The van der Waals surface area contributed by atoms with E-state index in [2.05, 4.69) is 31.3 Å². The van der Waals surface area contributed by atoms with E-state index in [1.807, 2.05) is 6.08 Å². The molecule has 89 heavy (non-hydrogen) atoms. The molecule has 0 saturated carbocycles. The highest BCUT2D eigenvalue weighted by Gasteiger charge is 2.44. The Labute approximate surface area is 553 Å². The summed E-state index contributed by atoms with van der Waals surface area (Å²) in [7, 11) is 0. The summed E-state index contributed by atoms with van der Waals surface area (Å²) in [4.78, 5) is 13.2. The first-order valence-corrected chi connectivity index (χ1v) is 40.1. The van der Waals surface area contributed by atoms with Gasteiger partial charge in [0.1, 0.15) is 24.4 Å². The molecule has 9 nitrogen and oxygen atoms in total. The number of allylic oxidation sites excluding steroid dienone is 3. The summed E-state index contributed by atoms with van der Waals surface area (Å²) in [6.07, 6.45) is 86.3. The van der Waals surface area contributed by atoms with E-state index in [4.69, 9.17) is 9.47 Å². The van der Waals surface area contributed by atoms with Crippen molar-refractivity contribution in [1.29, 1.82) is 0 Å². The van der Waals surface area contributed by atoms with Crippen molar-refractivity contribution in [2.45, 2.75) is 468 Å². The van der Waals surface area contributed by atoms with Gasteiger partial charge in [0.15, 0.2) is 6.29 Å². The standard InChI is InChI=1S/C80H155NO8/c1-3-5-7-9-11-13-15-17-19-21-23-25-27-29-31-33-34-35-36-37-38-39-40-41-42-44-46-48-50-52-54-56-58-60-62-64-66-68-70-76(84)81-73(72-88-80-79(87)78(86)77(85)75(71-82)89-80)74(83)69-67-65-63-61-59-57-55-53-51-49-47-45-43-32-30-28-26-24-22-20-18-16-14-12-10-8-6-4-2/h59,61,67,69,73-75,77-80,82-83,85-87H,3-58,60,62-66,68,70-72H2,1-2H3,(H,81,84)/b61-59+,69-67+. The minimum atomic E-state index is -1.57. The summed E-state index contributed by atoms with van der Waals surface area (Å²) in [5, 5.41) is 54.9. The lowest BCUT2D eigenvalue weighted by Crippen LogP contribution is -2.60. The van der Waals surface area contributed by atoms with Crippen LogP contribution in [-0.4, -0.2) is 87.5 Å². The summed E-state index contributed by atoms with van der Waals surface area (Å²) in [6.45, 7) is 3.84. The van der Waals surface area contributed by atoms with Crippen molar-refractivity contribution in [3.63, 3.8) is 0 Å². The lowest BCUT2D eigenvalue weighted by atomic mass is 9.99. The highest BCUT2D eigenvalue weighted by molar-refractivity contribution is 5.76. The van der Waals surface area contributed by atoms with E-state index >= 15 is 0 Å². The monoisotopic (exact) mass is 1260 g/mol. The first-order chi connectivity index (χ1) is 43.8. The van der Waals surface area contributed by atoms with Crippen LogP contribution in [0.2, 0.25) is 0 Å². The zero-order chi connectivity index (χ0) is 64.2. The molecule has 6 N–H and O–H groups in total. The van der Waals surface area contributed by atoms with E-state index in [1.54, 1.807) is 6.08 Å². The van der Waals surface area contributed by atoms with Gasteiger partial charge >= 0.3 is 0 Å². The molecule has 528 valence electrons. The van der Waals surface area contributed by atoms with Crippen molar-refractivity contribution in [1.82, 2.24) is 5.32 Å².